The molecule has 0 spiro atoms. The first kappa shape index (κ1) is 15.7. The number of aliphatic carboxylic acids is 1. The zero-order valence-corrected chi connectivity index (χ0v) is 11.3. The third-order valence-electron chi connectivity index (χ3n) is 3.34. The van der Waals surface area contributed by atoms with Crippen molar-refractivity contribution in [3.05, 3.63) is 0 Å². The number of carbonyl (C=O) groups is 2. The van der Waals surface area contributed by atoms with Gasteiger partial charge in [-0.05, 0) is 31.7 Å². The van der Waals surface area contributed by atoms with E-state index in [-0.39, 0.29) is 6.03 Å². The Balaban J connectivity index is 2.41. The standard InChI is InChI=1S/C12H23N3O4/c1-19-6-2-3-10(11(16)17)14-12(18)15-5-4-9(7-13)8-15/h9-10H,2-8,13H2,1H3,(H,14,18)(H,16,17). The van der Waals surface area contributed by atoms with Gasteiger partial charge in [0.1, 0.15) is 6.04 Å². The van der Waals surface area contributed by atoms with Gasteiger partial charge < -0.3 is 25.8 Å². The van der Waals surface area contributed by atoms with Crippen LogP contribution in [0, 0.1) is 5.92 Å². The van der Waals surface area contributed by atoms with Crippen LogP contribution in [-0.2, 0) is 9.53 Å². The Labute approximate surface area is 113 Å². The Morgan fingerprint density at radius 2 is 2.32 bits per heavy atom. The van der Waals surface area contributed by atoms with Crippen LogP contribution in [0.3, 0.4) is 0 Å². The number of nitrogens with zero attached hydrogens (tertiary/aromatic N) is 1. The van der Waals surface area contributed by atoms with E-state index in [1.54, 1.807) is 12.0 Å². The number of rotatable bonds is 7. The van der Waals surface area contributed by atoms with Gasteiger partial charge in [-0.3, -0.25) is 0 Å². The molecule has 0 saturated carbocycles. The molecule has 0 aliphatic carbocycles. The van der Waals surface area contributed by atoms with Crippen molar-refractivity contribution >= 4 is 12.0 Å². The first-order valence-electron chi connectivity index (χ1n) is 6.55. The second-order valence-corrected chi connectivity index (χ2v) is 4.81. The van der Waals surface area contributed by atoms with Gasteiger partial charge in [0.15, 0.2) is 0 Å². The van der Waals surface area contributed by atoms with Gasteiger partial charge in [-0.1, -0.05) is 0 Å². The maximum Gasteiger partial charge on any atom is 0.326 e. The number of hydrogen-bond donors (Lipinski definition) is 3. The van der Waals surface area contributed by atoms with Crippen LogP contribution < -0.4 is 11.1 Å². The first-order chi connectivity index (χ1) is 9.08. The number of nitrogens with one attached hydrogen (secondary N) is 1. The number of hydrogen-bond acceptors (Lipinski definition) is 4. The summed E-state index contributed by atoms with van der Waals surface area (Å²) in [5.74, 6) is -0.693. The number of methoxy groups -OCH3 is 1. The molecule has 1 heterocycles. The lowest BCUT2D eigenvalue weighted by atomic mass is 10.1. The molecule has 2 atom stereocenters. The van der Waals surface area contributed by atoms with Crippen molar-refractivity contribution in [2.24, 2.45) is 11.7 Å². The molecule has 0 radical (unpaired) electrons. The molecule has 7 nitrogen and oxygen atoms in total. The summed E-state index contributed by atoms with van der Waals surface area (Å²) in [4.78, 5) is 24.6. The lowest BCUT2D eigenvalue weighted by Gasteiger charge is -2.21. The fourth-order valence-corrected chi connectivity index (χ4v) is 2.14. The molecule has 1 fully saturated rings. The maximum absolute atomic E-state index is 11.9. The molecule has 4 N–H and O–H groups in total. The van der Waals surface area contributed by atoms with Crippen LogP contribution in [0.4, 0.5) is 4.79 Å². The molecular formula is C12H23N3O4. The maximum atomic E-state index is 11.9. The molecule has 19 heavy (non-hydrogen) atoms. The van der Waals surface area contributed by atoms with E-state index < -0.39 is 12.0 Å². The van der Waals surface area contributed by atoms with Gasteiger partial charge >= 0.3 is 12.0 Å². The van der Waals surface area contributed by atoms with Gasteiger partial charge in [0.05, 0.1) is 0 Å². The molecule has 0 bridgehead atoms. The fourth-order valence-electron chi connectivity index (χ4n) is 2.14. The highest BCUT2D eigenvalue weighted by Crippen LogP contribution is 2.15. The van der Waals surface area contributed by atoms with Gasteiger partial charge in [-0.25, -0.2) is 9.59 Å². The zero-order chi connectivity index (χ0) is 14.3. The Morgan fingerprint density at radius 1 is 1.58 bits per heavy atom. The minimum atomic E-state index is -1.01. The highest BCUT2D eigenvalue weighted by molar-refractivity contribution is 5.82. The second-order valence-electron chi connectivity index (χ2n) is 4.81. The summed E-state index contributed by atoms with van der Waals surface area (Å²) >= 11 is 0. The van der Waals surface area contributed by atoms with E-state index in [1.165, 1.54) is 0 Å². The number of urea groups is 1. The molecule has 1 rings (SSSR count). The summed E-state index contributed by atoms with van der Waals surface area (Å²) in [5.41, 5.74) is 5.56. The van der Waals surface area contributed by atoms with Crippen molar-refractivity contribution in [1.82, 2.24) is 10.2 Å². The fraction of sp³-hybridized carbons (Fsp3) is 0.833. The van der Waals surface area contributed by atoms with Crippen LogP contribution in [0.1, 0.15) is 19.3 Å². The van der Waals surface area contributed by atoms with Gasteiger partial charge in [0, 0.05) is 26.8 Å². The van der Waals surface area contributed by atoms with Crippen molar-refractivity contribution in [2.45, 2.75) is 25.3 Å². The SMILES string of the molecule is COCCCC(NC(=O)N1CCC(CN)C1)C(=O)O. The predicted molar refractivity (Wildman–Crippen MR) is 69.8 cm³/mol. The molecule has 7 heteroatoms. The number of ether oxygens (including phenoxy) is 1. The van der Waals surface area contributed by atoms with E-state index in [2.05, 4.69) is 5.32 Å². The van der Waals surface area contributed by atoms with Crippen LogP contribution in [0.2, 0.25) is 0 Å². The average Bonchev–Trinajstić information content (AvgIpc) is 2.86. The molecule has 1 aliphatic rings. The first-order valence-corrected chi connectivity index (χ1v) is 6.55. The summed E-state index contributed by atoms with van der Waals surface area (Å²) in [6.07, 6.45) is 1.84. The number of nitrogens with two attached hydrogens (primary N) is 1. The summed E-state index contributed by atoms with van der Waals surface area (Å²) in [7, 11) is 1.56. The molecule has 0 aromatic heterocycles. The topological polar surface area (TPSA) is 105 Å². The van der Waals surface area contributed by atoms with E-state index in [0.29, 0.717) is 45.0 Å². The lowest BCUT2D eigenvalue weighted by Crippen LogP contribution is -2.47. The molecule has 1 saturated heterocycles. The molecule has 110 valence electrons. The molecule has 0 aromatic carbocycles. The van der Waals surface area contributed by atoms with Crippen LogP contribution in [-0.4, -0.2) is 61.4 Å². The Kier molecular flexibility index (Phi) is 6.58. The summed E-state index contributed by atoms with van der Waals surface area (Å²) in [6, 6.07) is -1.18. The van der Waals surface area contributed by atoms with Gasteiger partial charge in [0.25, 0.3) is 0 Å². The van der Waals surface area contributed by atoms with Crippen molar-refractivity contribution in [3.63, 3.8) is 0 Å². The largest absolute Gasteiger partial charge is 0.480 e. The van der Waals surface area contributed by atoms with Crippen LogP contribution in [0.25, 0.3) is 0 Å². The highest BCUT2D eigenvalue weighted by Gasteiger charge is 2.28. The Hall–Kier alpha value is -1.34. The molecule has 2 amide bonds. The Morgan fingerprint density at radius 3 is 2.84 bits per heavy atom. The van der Waals surface area contributed by atoms with E-state index in [4.69, 9.17) is 15.6 Å². The third kappa shape index (κ3) is 5.04. The Bertz CT molecular complexity index is 311. The minimum absolute atomic E-state index is 0.319. The minimum Gasteiger partial charge on any atom is -0.480 e. The van der Waals surface area contributed by atoms with E-state index in [1.807, 2.05) is 0 Å². The average molecular weight is 273 g/mol. The lowest BCUT2D eigenvalue weighted by molar-refractivity contribution is -0.139. The number of carboxylic acid groups (broad SMARTS) is 1. The zero-order valence-electron chi connectivity index (χ0n) is 11.3. The third-order valence-corrected chi connectivity index (χ3v) is 3.34. The van der Waals surface area contributed by atoms with Crippen molar-refractivity contribution in [1.29, 1.82) is 0 Å². The van der Waals surface area contributed by atoms with Crippen molar-refractivity contribution in [2.75, 3.05) is 33.4 Å². The number of carbonyl (C=O) groups excluding carboxylic acids is 1. The predicted octanol–water partition coefficient (Wildman–Crippen LogP) is -0.144. The van der Waals surface area contributed by atoms with Gasteiger partial charge in [0.2, 0.25) is 0 Å². The smallest absolute Gasteiger partial charge is 0.326 e. The highest BCUT2D eigenvalue weighted by atomic mass is 16.5. The number of carboxylic acids is 1. The summed E-state index contributed by atoms with van der Waals surface area (Å²) in [6.45, 7) is 2.28. The van der Waals surface area contributed by atoms with E-state index >= 15 is 0 Å². The van der Waals surface area contributed by atoms with E-state index in [0.717, 1.165) is 6.42 Å². The van der Waals surface area contributed by atoms with Gasteiger partial charge in [-0.2, -0.15) is 0 Å². The quantitative estimate of drug-likeness (QED) is 0.560. The van der Waals surface area contributed by atoms with Crippen LogP contribution in [0.15, 0.2) is 0 Å². The van der Waals surface area contributed by atoms with Gasteiger partial charge in [-0.15, -0.1) is 0 Å². The van der Waals surface area contributed by atoms with Crippen molar-refractivity contribution in [3.8, 4) is 0 Å². The summed E-state index contributed by atoms with van der Waals surface area (Å²) < 4.78 is 4.88. The molecule has 1 aliphatic heterocycles. The number of likely N-dealkylation sites (tertiary alicyclic amines) is 1. The summed E-state index contributed by atoms with van der Waals surface area (Å²) in [5, 5.41) is 11.6. The number of amides is 2. The monoisotopic (exact) mass is 273 g/mol. The van der Waals surface area contributed by atoms with E-state index in [9.17, 15) is 9.59 Å². The second kappa shape index (κ2) is 7.96. The van der Waals surface area contributed by atoms with Crippen LogP contribution in [0.5, 0.6) is 0 Å². The normalized spacial score (nSPS) is 20.3. The van der Waals surface area contributed by atoms with Crippen molar-refractivity contribution < 1.29 is 19.4 Å². The molecule has 0 aromatic rings. The molecule has 2 unspecified atom stereocenters. The molecular weight excluding hydrogens is 250 g/mol. The van der Waals surface area contributed by atoms with Crippen LogP contribution >= 0.6 is 0 Å².